The van der Waals surface area contributed by atoms with E-state index in [9.17, 15) is 4.79 Å². The second kappa shape index (κ2) is 8.16. The fraction of sp³-hybridized carbons (Fsp3) is 0.174. The molecule has 0 aliphatic rings. The van der Waals surface area contributed by atoms with E-state index in [-0.39, 0.29) is 12.5 Å². The summed E-state index contributed by atoms with van der Waals surface area (Å²) in [5.74, 6) is 0.333. The summed E-state index contributed by atoms with van der Waals surface area (Å²) in [5.41, 5.74) is 5.42. The third-order valence-corrected chi connectivity index (χ3v) is 5.16. The zero-order valence-electron chi connectivity index (χ0n) is 16.9. The number of carbonyl (C=O) groups excluding carboxylic acids is 1. The Bertz CT molecular complexity index is 1250. The van der Waals surface area contributed by atoms with E-state index < -0.39 is 0 Å². The Hall–Kier alpha value is -3.38. The fourth-order valence-electron chi connectivity index (χ4n) is 3.53. The number of aryl methyl sites for hydroxylation is 2. The van der Waals surface area contributed by atoms with Crippen LogP contribution < -0.4 is 10.1 Å². The lowest BCUT2D eigenvalue weighted by Gasteiger charge is -2.09. The van der Waals surface area contributed by atoms with Crippen molar-refractivity contribution in [2.75, 3.05) is 12.4 Å². The number of hydrogen-bond donors (Lipinski definition) is 1. The maximum absolute atomic E-state index is 12.6. The van der Waals surface area contributed by atoms with Crippen LogP contribution in [0.2, 0.25) is 5.02 Å². The first kappa shape index (κ1) is 19.9. The maximum Gasteiger partial charge on any atom is 0.246 e. The smallest absolute Gasteiger partial charge is 0.246 e. The lowest BCUT2D eigenvalue weighted by molar-refractivity contribution is -0.116. The van der Waals surface area contributed by atoms with Gasteiger partial charge in [0.05, 0.1) is 17.8 Å². The van der Waals surface area contributed by atoms with Gasteiger partial charge in [0.15, 0.2) is 5.65 Å². The van der Waals surface area contributed by atoms with Gasteiger partial charge in [0.25, 0.3) is 0 Å². The van der Waals surface area contributed by atoms with Gasteiger partial charge < -0.3 is 10.1 Å². The van der Waals surface area contributed by atoms with Gasteiger partial charge >= 0.3 is 0 Å². The number of fused-ring (bicyclic) bond motifs is 1. The Morgan fingerprint density at radius 2 is 2.00 bits per heavy atom. The number of nitrogens with one attached hydrogen (secondary N) is 1. The molecule has 0 bridgehead atoms. The number of aromatic nitrogens is 3. The molecule has 0 saturated heterocycles. The van der Waals surface area contributed by atoms with Crippen molar-refractivity contribution in [1.29, 1.82) is 0 Å². The van der Waals surface area contributed by atoms with Gasteiger partial charge in [-0.05, 0) is 49.2 Å². The summed E-state index contributed by atoms with van der Waals surface area (Å²) in [5, 5.41) is 8.79. The minimum absolute atomic E-state index is 0.0399. The molecule has 4 aromatic rings. The number of hydrogen-bond acceptors (Lipinski definition) is 4. The van der Waals surface area contributed by atoms with Gasteiger partial charge in [0.1, 0.15) is 12.3 Å². The standard InChI is InChI=1S/C23H21ClN4O2/c1-14-5-4-6-16(11-14)18-9-10-25-23-22(18)15(2)27-28(23)13-21(29)26-17-7-8-20(30-3)19(24)12-17/h4-12H,13H2,1-3H3,(H,26,29). The van der Waals surface area contributed by atoms with Crippen molar-refractivity contribution in [2.24, 2.45) is 0 Å². The van der Waals surface area contributed by atoms with Crippen LogP contribution in [0.25, 0.3) is 22.2 Å². The fourth-order valence-corrected chi connectivity index (χ4v) is 3.78. The Labute approximate surface area is 179 Å². The Balaban J connectivity index is 1.63. The van der Waals surface area contributed by atoms with Gasteiger partial charge in [-0.2, -0.15) is 5.10 Å². The molecule has 0 aliphatic carbocycles. The van der Waals surface area contributed by atoms with E-state index in [1.165, 1.54) is 5.56 Å². The minimum atomic E-state index is -0.219. The highest BCUT2D eigenvalue weighted by Crippen LogP contribution is 2.30. The predicted octanol–water partition coefficient (Wildman–Crippen LogP) is 5.02. The maximum atomic E-state index is 12.6. The average Bonchev–Trinajstić information content (AvgIpc) is 3.03. The van der Waals surface area contributed by atoms with E-state index in [0.29, 0.717) is 22.1 Å². The molecule has 6 nitrogen and oxygen atoms in total. The summed E-state index contributed by atoms with van der Waals surface area (Å²) in [4.78, 5) is 17.1. The summed E-state index contributed by atoms with van der Waals surface area (Å²) in [6.07, 6.45) is 1.75. The lowest BCUT2D eigenvalue weighted by atomic mass is 10.0. The molecule has 2 aromatic carbocycles. The molecule has 0 fully saturated rings. The Morgan fingerprint density at radius 1 is 1.17 bits per heavy atom. The highest BCUT2D eigenvalue weighted by molar-refractivity contribution is 6.32. The van der Waals surface area contributed by atoms with Gasteiger partial charge in [-0.1, -0.05) is 41.4 Å². The number of benzene rings is 2. The highest BCUT2D eigenvalue weighted by atomic mass is 35.5. The van der Waals surface area contributed by atoms with Gasteiger partial charge in [0, 0.05) is 17.3 Å². The molecule has 0 aliphatic heterocycles. The first-order chi connectivity index (χ1) is 14.5. The summed E-state index contributed by atoms with van der Waals surface area (Å²) in [6, 6.07) is 15.4. The number of anilines is 1. The zero-order valence-corrected chi connectivity index (χ0v) is 17.7. The van der Waals surface area contributed by atoms with Crippen LogP contribution in [0.1, 0.15) is 11.3 Å². The van der Waals surface area contributed by atoms with Crippen molar-refractivity contribution < 1.29 is 9.53 Å². The normalized spacial score (nSPS) is 10.9. The van der Waals surface area contributed by atoms with Gasteiger partial charge in [-0.3, -0.25) is 4.79 Å². The molecule has 2 heterocycles. The van der Waals surface area contributed by atoms with Gasteiger partial charge in [0.2, 0.25) is 5.91 Å². The number of rotatable bonds is 5. The summed E-state index contributed by atoms with van der Waals surface area (Å²) < 4.78 is 6.77. The van der Waals surface area contributed by atoms with Gasteiger partial charge in [-0.25, -0.2) is 9.67 Å². The summed E-state index contributed by atoms with van der Waals surface area (Å²) >= 11 is 6.14. The van der Waals surface area contributed by atoms with Crippen LogP contribution in [0.15, 0.2) is 54.7 Å². The van der Waals surface area contributed by atoms with Crippen LogP contribution >= 0.6 is 11.6 Å². The molecule has 1 N–H and O–H groups in total. The minimum Gasteiger partial charge on any atom is -0.495 e. The second-order valence-corrected chi connectivity index (χ2v) is 7.47. The predicted molar refractivity (Wildman–Crippen MR) is 119 cm³/mol. The van der Waals surface area contributed by atoms with E-state index in [1.54, 1.807) is 36.2 Å². The summed E-state index contributed by atoms with van der Waals surface area (Å²) in [7, 11) is 1.54. The molecular formula is C23H21ClN4O2. The van der Waals surface area contributed by atoms with Crippen molar-refractivity contribution in [2.45, 2.75) is 20.4 Å². The largest absolute Gasteiger partial charge is 0.495 e. The van der Waals surface area contributed by atoms with E-state index in [4.69, 9.17) is 16.3 Å². The van der Waals surface area contributed by atoms with Crippen molar-refractivity contribution in [3.8, 4) is 16.9 Å². The van der Waals surface area contributed by atoms with Crippen LogP contribution in [0, 0.1) is 13.8 Å². The topological polar surface area (TPSA) is 69.0 Å². The molecule has 152 valence electrons. The third-order valence-electron chi connectivity index (χ3n) is 4.87. The number of methoxy groups -OCH3 is 1. The Kier molecular flexibility index (Phi) is 5.42. The van der Waals surface area contributed by atoms with E-state index in [2.05, 4.69) is 40.5 Å². The molecule has 0 radical (unpaired) electrons. The first-order valence-electron chi connectivity index (χ1n) is 9.49. The van der Waals surface area contributed by atoms with Crippen molar-refractivity contribution >= 4 is 34.2 Å². The van der Waals surface area contributed by atoms with E-state index >= 15 is 0 Å². The van der Waals surface area contributed by atoms with E-state index in [0.717, 1.165) is 22.2 Å². The number of nitrogens with zero attached hydrogens (tertiary/aromatic N) is 3. The molecular weight excluding hydrogens is 400 g/mol. The first-order valence-corrected chi connectivity index (χ1v) is 9.86. The zero-order chi connectivity index (χ0) is 21.3. The molecule has 0 atom stereocenters. The van der Waals surface area contributed by atoms with E-state index in [1.807, 2.05) is 19.1 Å². The molecule has 2 aromatic heterocycles. The number of carbonyl (C=O) groups is 1. The molecule has 0 unspecified atom stereocenters. The van der Waals surface area contributed by atoms with Crippen molar-refractivity contribution in [1.82, 2.24) is 14.8 Å². The second-order valence-electron chi connectivity index (χ2n) is 7.07. The third kappa shape index (κ3) is 3.86. The molecule has 1 amide bonds. The Morgan fingerprint density at radius 3 is 2.73 bits per heavy atom. The van der Waals surface area contributed by atoms with Gasteiger partial charge in [-0.15, -0.1) is 0 Å². The molecule has 0 saturated carbocycles. The van der Waals surface area contributed by atoms with Crippen LogP contribution in [-0.4, -0.2) is 27.8 Å². The number of pyridine rings is 1. The number of ether oxygens (including phenoxy) is 1. The summed E-state index contributed by atoms with van der Waals surface area (Å²) in [6.45, 7) is 4.03. The highest BCUT2D eigenvalue weighted by Gasteiger charge is 2.16. The molecule has 7 heteroatoms. The molecule has 30 heavy (non-hydrogen) atoms. The number of amides is 1. The quantitative estimate of drug-likeness (QED) is 0.492. The monoisotopic (exact) mass is 420 g/mol. The molecule has 4 rings (SSSR count). The SMILES string of the molecule is COc1ccc(NC(=O)Cn2nc(C)c3c(-c4cccc(C)c4)ccnc32)cc1Cl. The van der Waals surface area contributed by atoms with Crippen LogP contribution in [0.5, 0.6) is 5.75 Å². The van der Waals surface area contributed by atoms with Crippen molar-refractivity contribution in [3.63, 3.8) is 0 Å². The lowest BCUT2D eigenvalue weighted by Crippen LogP contribution is -2.19. The number of halogens is 1. The van der Waals surface area contributed by atoms with Crippen molar-refractivity contribution in [3.05, 3.63) is 71.0 Å². The van der Waals surface area contributed by atoms with Crippen LogP contribution in [0.4, 0.5) is 5.69 Å². The molecule has 0 spiro atoms. The average molecular weight is 421 g/mol. The van der Waals surface area contributed by atoms with Crippen LogP contribution in [-0.2, 0) is 11.3 Å². The van der Waals surface area contributed by atoms with Crippen LogP contribution in [0.3, 0.4) is 0 Å².